The van der Waals surface area contributed by atoms with E-state index < -0.39 is 0 Å². The van der Waals surface area contributed by atoms with Crippen LogP contribution in [-0.4, -0.2) is 35.6 Å². The standard InChI is InChI=1S/C17H21N3O3/c1-12(21)19-15-5-2-6-16-14(15)7-8-20(16)11-17(22)18-10-13-4-3-9-23-13/h2,5-8,13H,3-4,9-11H2,1H3,(H,18,22)(H,19,21)/t13-/m1/s1. The molecule has 2 amide bonds. The zero-order valence-electron chi connectivity index (χ0n) is 13.2. The van der Waals surface area contributed by atoms with Crippen LogP contribution in [0.25, 0.3) is 10.9 Å². The van der Waals surface area contributed by atoms with E-state index >= 15 is 0 Å². The maximum absolute atomic E-state index is 12.1. The van der Waals surface area contributed by atoms with Crippen molar-refractivity contribution in [3.63, 3.8) is 0 Å². The van der Waals surface area contributed by atoms with Gasteiger partial charge in [-0.15, -0.1) is 0 Å². The van der Waals surface area contributed by atoms with Crippen LogP contribution in [0, 0.1) is 0 Å². The highest BCUT2D eigenvalue weighted by molar-refractivity contribution is 6.01. The molecule has 2 heterocycles. The summed E-state index contributed by atoms with van der Waals surface area (Å²) in [7, 11) is 0. The summed E-state index contributed by atoms with van der Waals surface area (Å²) in [6.07, 6.45) is 4.08. The predicted octanol–water partition coefficient (Wildman–Crippen LogP) is 1.89. The number of benzene rings is 1. The van der Waals surface area contributed by atoms with Gasteiger partial charge in [0.1, 0.15) is 6.54 Å². The van der Waals surface area contributed by atoms with Crippen LogP contribution >= 0.6 is 0 Å². The summed E-state index contributed by atoms with van der Waals surface area (Å²) in [5.74, 6) is -0.150. The Hall–Kier alpha value is -2.34. The van der Waals surface area contributed by atoms with Crippen molar-refractivity contribution in [1.29, 1.82) is 0 Å². The van der Waals surface area contributed by atoms with Crippen LogP contribution in [0.1, 0.15) is 19.8 Å². The Bertz CT molecular complexity index is 717. The van der Waals surface area contributed by atoms with E-state index in [1.54, 1.807) is 0 Å². The molecule has 1 aliphatic rings. The minimum atomic E-state index is -0.112. The van der Waals surface area contributed by atoms with Gasteiger partial charge in [0.2, 0.25) is 11.8 Å². The molecule has 1 atom stereocenters. The highest BCUT2D eigenvalue weighted by atomic mass is 16.5. The lowest BCUT2D eigenvalue weighted by Crippen LogP contribution is -2.34. The van der Waals surface area contributed by atoms with Crippen molar-refractivity contribution in [3.05, 3.63) is 30.5 Å². The first-order valence-corrected chi connectivity index (χ1v) is 7.87. The second-order valence-electron chi connectivity index (χ2n) is 5.80. The van der Waals surface area contributed by atoms with Crippen LogP contribution in [-0.2, 0) is 20.9 Å². The van der Waals surface area contributed by atoms with Gasteiger partial charge in [0, 0.05) is 31.7 Å². The first kappa shape index (κ1) is 15.6. The molecule has 2 N–H and O–H groups in total. The quantitative estimate of drug-likeness (QED) is 0.885. The lowest BCUT2D eigenvalue weighted by molar-refractivity contribution is -0.122. The third kappa shape index (κ3) is 3.71. The molecule has 0 radical (unpaired) electrons. The Labute approximate surface area is 134 Å². The number of hydrogen-bond donors (Lipinski definition) is 2. The van der Waals surface area contributed by atoms with Crippen molar-refractivity contribution < 1.29 is 14.3 Å². The second-order valence-corrected chi connectivity index (χ2v) is 5.80. The lowest BCUT2D eigenvalue weighted by atomic mass is 10.2. The van der Waals surface area contributed by atoms with E-state index in [1.165, 1.54) is 6.92 Å². The average molecular weight is 315 g/mol. The number of fused-ring (bicyclic) bond motifs is 1. The molecule has 1 aromatic heterocycles. The largest absolute Gasteiger partial charge is 0.376 e. The molecular weight excluding hydrogens is 294 g/mol. The molecule has 23 heavy (non-hydrogen) atoms. The molecule has 1 aliphatic heterocycles. The van der Waals surface area contributed by atoms with Gasteiger partial charge in [-0.05, 0) is 31.0 Å². The molecule has 1 saturated heterocycles. The molecular formula is C17H21N3O3. The van der Waals surface area contributed by atoms with Crippen molar-refractivity contribution in [2.24, 2.45) is 0 Å². The highest BCUT2D eigenvalue weighted by Crippen LogP contribution is 2.24. The van der Waals surface area contributed by atoms with Crippen molar-refractivity contribution in [2.45, 2.75) is 32.4 Å². The summed E-state index contributed by atoms with van der Waals surface area (Å²) < 4.78 is 7.38. The molecule has 0 aliphatic carbocycles. The summed E-state index contributed by atoms with van der Waals surface area (Å²) >= 11 is 0. The first-order chi connectivity index (χ1) is 11.1. The number of amides is 2. The molecule has 6 heteroatoms. The van der Waals surface area contributed by atoms with Crippen molar-refractivity contribution in [2.75, 3.05) is 18.5 Å². The second kappa shape index (κ2) is 6.83. The first-order valence-electron chi connectivity index (χ1n) is 7.87. The molecule has 1 aromatic carbocycles. The van der Waals surface area contributed by atoms with Gasteiger partial charge in [-0.3, -0.25) is 9.59 Å². The minimum absolute atomic E-state index is 0.0390. The third-order valence-electron chi connectivity index (χ3n) is 3.99. The van der Waals surface area contributed by atoms with E-state index in [9.17, 15) is 9.59 Å². The number of nitrogens with zero attached hydrogens (tertiary/aromatic N) is 1. The van der Waals surface area contributed by atoms with Crippen LogP contribution in [0.4, 0.5) is 5.69 Å². The van der Waals surface area contributed by atoms with Gasteiger partial charge >= 0.3 is 0 Å². The van der Waals surface area contributed by atoms with E-state index in [0.29, 0.717) is 6.54 Å². The highest BCUT2D eigenvalue weighted by Gasteiger charge is 2.16. The molecule has 0 spiro atoms. The number of rotatable bonds is 5. The fourth-order valence-electron chi connectivity index (χ4n) is 2.90. The van der Waals surface area contributed by atoms with Crippen molar-refractivity contribution in [3.8, 4) is 0 Å². The molecule has 0 bridgehead atoms. The number of nitrogens with one attached hydrogen (secondary N) is 2. The molecule has 122 valence electrons. The van der Waals surface area contributed by atoms with Gasteiger partial charge in [0.05, 0.1) is 17.3 Å². The Kier molecular flexibility index (Phi) is 4.62. The van der Waals surface area contributed by atoms with Crippen molar-refractivity contribution >= 4 is 28.4 Å². The Morgan fingerprint density at radius 2 is 2.22 bits per heavy atom. The fraction of sp³-hybridized carbons (Fsp3) is 0.412. The minimum Gasteiger partial charge on any atom is -0.376 e. The van der Waals surface area contributed by atoms with Crippen LogP contribution in [0.5, 0.6) is 0 Å². The maximum Gasteiger partial charge on any atom is 0.240 e. The maximum atomic E-state index is 12.1. The van der Waals surface area contributed by atoms with Crippen LogP contribution in [0.3, 0.4) is 0 Å². The lowest BCUT2D eigenvalue weighted by Gasteiger charge is -2.12. The molecule has 1 fully saturated rings. The average Bonchev–Trinajstić information content (AvgIpc) is 3.15. The Morgan fingerprint density at radius 1 is 1.35 bits per heavy atom. The topological polar surface area (TPSA) is 72.4 Å². The van der Waals surface area contributed by atoms with Crippen LogP contribution in [0.2, 0.25) is 0 Å². The van der Waals surface area contributed by atoms with Gasteiger partial charge in [-0.2, -0.15) is 0 Å². The van der Waals surface area contributed by atoms with E-state index in [0.717, 1.165) is 36.0 Å². The van der Waals surface area contributed by atoms with Gasteiger partial charge in [0.15, 0.2) is 0 Å². The fourth-order valence-corrected chi connectivity index (χ4v) is 2.90. The number of carbonyl (C=O) groups is 2. The van der Waals surface area contributed by atoms with Gasteiger partial charge in [-0.1, -0.05) is 6.07 Å². The summed E-state index contributed by atoms with van der Waals surface area (Å²) in [6, 6.07) is 7.57. The van der Waals surface area contributed by atoms with E-state index in [-0.39, 0.29) is 24.5 Å². The van der Waals surface area contributed by atoms with Gasteiger partial charge in [0.25, 0.3) is 0 Å². The Balaban J connectivity index is 1.67. The Morgan fingerprint density at radius 3 is 2.96 bits per heavy atom. The van der Waals surface area contributed by atoms with Crippen LogP contribution in [0.15, 0.2) is 30.5 Å². The molecule has 0 unspecified atom stereocenters. The van der Waals surface area contributed by atoms with E-state index in [1.807, 2.05) is 35.0 Å². The normalized spacial score (nSPS) is 17.3. The SMILES string of the molecule is CC(=O)Nc1cccc2c1ccn2CC(=O)NC[C@H]1CCCO1. The molecule has 6 nitrogen and oxygen atoms in total. The zero-order chi connectivity index (χ0) is 16.2. The smallest absolute Gasteiger partial charge is 0.240 e. The monoisotopic (exact) mass is 315 g/mol. The number of anilines is 1. The third-order valence-corrected chi connectivity index (χ3v) is 3.99. The molecule has 0 saturated carbocycles. The van der Waals surface area contributed by atoms with E-state index in [4.69, 9.17) is 4.74 Å². The summed E-state index contributed by atoms with van der Waals surface area (Å²) in [6.45, 7) is 3.08. The molecule has 3 rings (SSSR count). The number of aromatic nitrogens is 1. The van der Waals surface area contributed by atoms with Gasteiger partial charge < -0.3 is 19.9 Å². The molecule has 2 aromatic rings. The van der Waals surface area contributed by atoms with Crippen molar-refractivity contribution in [1.82, 2.24) is 9.88 Å². The zero-order valence-corrected chi connectivity index (χ0v) is 13.2. The predicted molar refractivity (Wildman–Crippen MR) is 88.2 cm³/mol. The number of carbonyl (C=O) groups excluding carboxylic acids is 2. The van der Waals surface area contributed by atoms with Crippen LogP contribution < -0.4 is 10.6 Å². The van der Waals surface area contributed by atoms with Gasteiger partial charge in [-0.25, -0.2) is 0 Å². The van der Waals surface area contributed by atoms with E-state index in [2.05, 4.69) is 10.6 Å². The number of ether oxygens (including phenoxy) is 1. The number of hydrogen-bond acceptors (Lipinski definition) is 3. The summed E-state index contributed by atoms with van der Waals surface area (Å²) in [5, 5.41) is 6.65. The summed E-state index contributed by atoms with van der Waals surface area (Å²) in [4.78, 5) is 23.4. The summed E-state index contributed by atoms with van der Waals surface area (Å²) in [5.41, 5.74) is 1.68.